The summed E-state index contributed by atoms with van der Waals surface area (Å²) in [6, 6.07) is 4.60. The molecule has 0 radical (unpaired) electrons. The van der Waals surface area contributed by atoms with Crippen molar-refractivity contribution in [2.75, 3.05) is 20.1 Å². The number of rotatable bonds is 8. The van der Waals surface area contributed by atoms with E-state index in [1.165, 1.54) is 36.8 Å². The van der Waals surface area contributed by atoms with Gasteiger partial charge in [0.05, 0.1) is 10.2 Å². The summed E-state index contributed by atoms with van der Waals surface area (Å²) in [4.78, 5) is 27.8. The van der Waals surface area contributed by atoms with E-state index in [1.54, 1.807) is 11.3 Å². The third kappa shape index (κ3) is 4.30. The average Bonchev–Trinajstić information content (AvgIpc) is 3.35. The van der Waals surface area contributed by atoms with Crippen LogP contribution in [-0.2, 0) is 17.8 Å². The van der Waals surface area contributed by atoms with E-state index in [2.05, 4.69) is 22.4 Å². The predicted octanol–water partition coefficient (Wildman–Crippen LogP) is 3.04. The molecule has 1 saturated carbocycles. The van der Waals surface area contributed by atoms with Gasteiger partial charge in [-0.3, -0.25) is 14.0 Å². The van der Waals surface area contributed by atoms with Gasteiger partial charge in [0.1, 0.15) is 17.9 Å². The number of amides is 1. The smallest absolute Gasteiger partial charge is 0.291 e. The Bertz CT molecular complexity index is 1080. The quantitative estimate of drug-likeness (QED) is 0.559. The SMILES string of the molecule is CCc1nn(CC(=O)NCCCN(C)C2CCCCC2)c(=O)c2cc3sccc3n12. The third-order valence-electron chi connectivity index (χ3n) is 6.19. The molecule has 0 unspecified atom stereocenters. The van der Waals surface area contributed by atoms with Gasteiger partial charge in [-0.15, -0.1) is 11.3 Å². The minimum atomic E-state index is -0.220. The van der Waals surface area contributed by atoms with Gasteiger partial charge in [0.2, 0.25) is 5.91 Å². The average molecular weight is 430 g/mol. The summed E-state index contributed by atoms with van der Waals surface area (Å²) in [5.74, 6) is 0.629. The Morgan fingerprint density at radius 3 is 2.87 bits per heavy atom. The highest BCUT2D eigenvalue weighted by Gasteiger charge is 2.18. The molecule has 3 aromatic rings. The number of aryl methyl sites for hydroxylation is 1. The van der Waals surface area contributed by atoms with Crippen molar-refractivity contribution >= 4 is 33.0 Å². The fourth-order valence-electron chi connectivity index (χ4n) is 4.51. The van der Waals surface area contributed by atoms with E-state index in [0.717, 1.165) is 29.0 Å². The van der Waals surface area contributed by atoms with Gasteiger partial charge in [-0.1, -0.05) is 26.2 Å². The molecule has 3 heterocycles. The monoisotopic (exact) mass is 429 g/mol. The van der Waals surface area contributed by atoms with Crippen LogP contribution in [0.1, 0.15) is 51.3 Å². The highest BCUT2D eigenvalue weighted by molar-refractivity contribution is 7.17. The van der Waals surface area contributed by atoms with Crippen LogP contribution >= 0.6 is 11.3 Å². The van der Waals surface area contributed by atoms with Crippen molar-refractivity contribution < 1.29 is 4.79 Å². The molecule has 1 N–H and O–H groups in total. The topological polar surface area (TPSA) is 71.6 Å². The Hall–Kier alpha value is -2.19. The molecule has 8 heteroatoms. The van der Waals surface area contributed by atoms with Gasteiger partial charge in [-0.25, -0.2) is 4.68 Å². The van der Waals surface area contributed by atoms with E-state index in [9.17, 15) is 9.59 Å². The number of carbonyl (C=O) groups excluding carboxylic acids is 1. The van der Waals surface area contributed by atoms with E-state index in [1.807, 2.05) is 28.8 Å². The van der Waals surface area contributed by atoms with Crippen LogP contribution in [0.2, 0.25) is 0 Å². The number of aromatic nitrogens is 3. The molecule has 1 aliphatic carbocycles. The molecule has 1 amide bonds. The maximum Gasteiger partial charge on any atom is 0.291 e. The van der Waals surface area contributed by atoms with Crippen molar-refractivity contribution in [3.05, 3.63) is 33.7 Å². The lowest BCUT2D eigenvalue weighted by Crippen LogP contribution is -2.38. The van der Waals surface area contributed by atoms with Crippen LogP contribution in [0.3, 0.4) is 0 Å². The van der Waals surface area contributed by atoms with Crippen LogP contribution in [0.25, 0.3) is 15.7 Å². The molecule has 1 fully saturated rings. The van der Waals surface area contributed by atoms with Gasteiger partial charge in [-0.05, 0) is 50.4 Å². The number of thiophene rings is 1. The Labute approximate surface area is 180 Å². The summed E-state index contributed by atoms with van der Waals surface area (Å²) in [5, 5.41) is 9.45. The molecule has 0 saturated heterocycles. The standard InChI is InChI=1S/C22H31N5O2S/c1-3-20-24-26(22(29)18-14-19-17(27(18)20)10-13-30-19)15-21(28)23-11-7-12-25(2)16-8-5-4-6-9-16/h10,13-14,16H,3-9,11-12,15H2,1-2H3,(H,23,28). The van der Waals surface area contributed by atoms with E-state index < -0.39 is 0 Å². The number of hydrogen-bond acceptors (Lipinski definition) is 5. The third-order valence-corrected chi connectivity index (χ3v) is 7.04. The lowest BCUT2D eigenvalue weighted by molar-refractivity contribution is -0.121. The van der Waals surface area contributed by atoms with E-state index in [-0.39, 0.29) is 18.0 Å². The second-order valence-corrected chi connectivity index (χ2v) is 9.19. The van der Waals surface area contributed by atoms with Crippen molar-refractivity contribution in [2.24, 2.45) is 0 Å². The van der Waals surface area contributed by atoms with Gasteiger partial charge in [0.25, 0.3) is 5.56 Å². The lowest BCUT2D eigenvalue weighted by atomic mass is 9.94. The van der Waals surface area contributed by atoms with Crippen LogP contribution in [-0.4, -0.2) is 51.2 Å². The zero-order valence-electron chi connectivity index (χ0n) is 17.9. The number of hydrogen-bond donors (Lipinski definition) is 1. The fraction of sp³-hybridized carbons (Fsp3) is 0.591. The molecule has 0 spiro atoms. The molecule has 0 atom stereocenters. The largest absolute Gasteiger partial charge is 0.354 e. The first kappa shape index (κ1) is 21.1. The molecule has 0 aromatic carbocycles. The number of fused-ring (bicyclic) bond motifs is 3. The molecule has 0 aliphatic heterocycles. The minimum Gasteiger partial charge on any atom is -0.354 e. The fourth-order valence-corrected chi connectivity index (χ4v) is 5.31. The zero-order chi connectivity index (χ0) is 21.1. The van der Waals surface area contributed by atoms with Crippen LogP contribution in [0.5, 0.6) is 0 Å². The maximum absolute atomic E-state index is 12.9. The van der Waals surface area contributed by atoms with Crippen LogP contribution < -0.4 is 10.9 Å². The second kappa shape index (κ2) is 9.31. The van der Waals surface area contributed by atoms with E-state index in [0.29, 0.717) is 24.5 Å². The molecule has 4 rings (SSSR count). The van der Waals surface area contributed by atoms with Crippen molar-refractivity contribution in [3.63, 3.8) is 0 Å². The molecule has 7 nitrogen and oxygen atoms in total. The minimum absolute atomic E-state index is 0.0420. The number of nitrogens with one attached hydrogen (secondary N) is 1. The number of carbonyl (C=O) groups is 1. The van der Waals surface area contributed by atoms with Crippen LogP contribution in [0, 0.1) is 0 Å². The molecular weight excluding hydrogens is 398 g/mol. The van der Waals surface area contributed by atoms with Gasteiger partial charge < -0.3 is 10.2 Å². The summed E-state index contributed by atoms with van der Waals surface area (Å²) in [6.45, 7) is 3.57. The molecule has 1 aliphatic rings. The first-order valence-electron chi connectivity index (χ1n) is 11.0. The summed E-state index contributed by atoms with van der Waals surface area (Å²) >= 11 is 1.61. The van der Waals surface area contributed by atoms with Gasteiger partial charge in [0.15, 0.2) is 0 Å². The van der Waals surface area contributed by atoms with E-state index in [4.69, 9.17) is 0 Å². The molecule has 3 aromatic heterocycles. The van der Waals surface area contributed by atoms with Gasteiger partial charge in [-0.2, -0.15) is 5.10 Å². The van der Waals surface area contributed by atoms with Gasteiger partial charge in [0, 0.05) is 19.0 Å². The van der Waals surface area contributed by atoms with E-state index >= 15 is 0 Å². The van der Waals surface area contributed by atoms with Crippen molar-refractivity contribution in [2.45, 2.75) is 64.5 Å². The molecular formula is C22H31N5O2S. The molecule has 0 bridgehead atoms. The first-order valence-corrected chi connectivity index (χ1v) is 11.9. The number of nitrogens with zero attached hydrogens (tertiary/aromatic N) is 4. The summed E-state index contributed by atoms with van der Waals surface area (Å²) < 4.78 is 4.29. The lowest BCUT2D eigenvalue weighted by Gasteiger charge is -2.31. The highest BCUT2D eigenvalue weighted by atomic mass is 32.1. The summed E-state index contributed by atoms with van der Waals surface area (Å²) in [5.41, 5.74) is 1.38. The van der Waals surface area contributed by atoms with Crippen LogP contribution in [0.4, 0.5) is 0 Å². The first-order chi connectivity index (χ1) is 14.6. The second-order valence-electron chi connectivity index (χ2n) is 8.24. The van der Waals surface area contributed by atoms with Crippen molar-refractivity contribution in [3.8, 4) is 0 Å². The Morgan fingerprint density at radius 2 is 2.10 bits per heavy atom. The summed E-state index contributed by atoms with van der Waals surface area (Å²) in [7, 11) is 2.19. The molecule has 30 heavy (non-hydrogen) atoms. The van der Waals surface area contributed by atoms with Crippen molar-refractivity contribution in [1.29, 1.82) is 0 Å². The Kier molecular flexibility index (Phi) is 6.53. The Morgan fingerprint density at radius 1 is 1.30 bits per heavy atom. The summed E-state index contributed by atoms with van der Waals surface area (Å²) in [6.07, 6.45) is 8.20. The Balaban J connectivity index is 1.36. The normalized spacial score (nSPS) is 15.4. The highest BCUT2D eigenvalue weighted by Crippen LogP contribution is 2.24. The van der Waals surface area contributed by atoms with Gasteiger partial charge >= 0.3 is 0 Å². The predicted molar refractivity (Wildman–Crippen MR) is 121 cm³/mol. The van der Waals surface area contributed by atoms with Crippen molar-refractivity contribution in [1.82, 2.24) is 24.4 Å². The zero-order valence-corrected chi connectivity index (χ0v) is 18.7. The molecule has 162 valence electrons. The maximum atomic E-state index is 12.9. The van der Waals surface area contributed by atoms with Crippen LogP contribution in [0.15, 0.2) is 22.3 Å².